The van der Waals surface area contributed by atoms with Gasteiger partial charge in [-0.25, -0.2) is 0 Å². The normalized spacial score (nSPS) is 31.9. The van der Waals surface area contributed by atoms with Gasteiger partial charge in [0.2, 0.25) is 0 Å². The minimum absolute atomic E-state index is 0. The van der Waals surface area contributed by atoms with Gasteiger partial charge in [0, 0.05) is 0 Å². The fraction of sp³-hybridized carbons (Fsp3) is 0.393. The topological polar surface area (TPSA) is 0 Å². The summed E-state index contributed by atoms with van der Waals surface area (Å²) in [6.07, 6.45) is 15.6. The van der Waals surface area contributed by atoms with Crippen LogP contribution in [0.5, 0.6) is 0 Å². The van der Waals surface area contributed by atoms with E-state index in [9.17, 15) is 0 Å². The van der Waals surface area contributed by atoms with Crippen LogP contribution in [0.15, 0.2) is 72.3 Å². The van der Waals surface area contributed by atoms with Crippen LogP contribution in [-0.2, 0) is 26.2 Å². The van der Waals surface area contributed by atoms with Crippen molar-refractivity contribution in [2.75, 3.05) is 0 Å². The van der Waals surface area contributed by atoms with Gasteiger partial charge in [-0.3, -0.25) is 0 Å². The zero-order chi connectivity index (χ0) is 18.3. The molecule has 8 rings (SSSR count). The standard InChI is InChI=1S/C28H27.2ClH.Zr/c1-2-8-20(7-1)28(21-14-18-13-19(16-21)17-22(28)15-18)27-25-11-5-3-9-23(25)24-10-4-6-12-26(24)27;;;/h1-7,9-12,18-19,21,27H,8,13-17H2;2*1H;/q-1;;;+3/p-2. The Morgan fingerprint density at radius 1 is 0.774 bits per heavy atom. The number of halogens is 2. The monoisotopic (exact) mass is 523 g/mol. The Labute approximate surface area is 217 Å². The molecule has 1 radical (unpaired) electrons. The summed E-state index contributed by atoms with van der Waals surface area (Å²) < 4.78 is 0. The van der Waals surface area contributed by atoms with Crippen LogP contribution in [0.2, 0.25) is 0 Å². The molecule has 3 unspecified atom stereocenters. The molecule has 31 heavy (non-hydrogen) atoms. The van der Waals surface area contributed by atoms with E-state index in [-0.39, 0.29) is 56.4 Å². The predicted molar refractivity (Wildman–Crippen MR) is 115 cm³/mol. The van der Waals surface area contributed by atoms with Gasteiger partial charge in [0.05, 0.1) is 0 Å². The summed E-state index contributed by atoms with van der Waals surface area (Å²) in [5.41, 5.74) is 8.15. The second-order valence-corrected chi connectivity index (χ2v) is 9.95. The van der Waals surface area contributed by atoms with E-state index in [0.717, 1.165) is 24.2 Å². The number of rotatable bonds is 2. The number of benzene rings is 2. The van der Waals surface area contributed by atoms with E-state index < -0.39 is 0 Å². The van der Waals surface area contributed by atoms with Gasteiger partial charge in [-0.1, -0.05) is 109 Å². The molecule has 3 heteroatoms. The van der Waals surface area contributed by atoms with Crippen molar-refractivity contribution >= 4 is 0 Å². The molecule has 0 saturated heterocycles. The summed E-state index contributed by atoms with van der Waals surface area (Å²) in [5, 5.41) is 0. The van der Waals surface area contributed by atoms with Gasteiger partial charge in [0.1, 0.15) is 0 Å². The van der Waals surface area contributed by atoms with Crippen molar-refractivity contribution in [1.29, 1.82) is 0 Å². The number of hydrogen-bond acceptors (Lipinski definition) is 0. The molecule has 0 aromatic heterocycles. The van der Waals surface area contributed by atoms with Crippen molar-refractivity contribution in [2.24, 2.45) is 23.2 Å². The largest absolute Gasteiger partial charge is 3.00 e. The van der Waals surface area contributed by atoms with Gasteiger partial charge >= 0.3 is 26.2 Å². The van der Waals surface area contributed by atoms with Gasteiger partial charge in [-0.2, -0.15) is 12.8 Å². The van der Waals surface area contributed by atoms with Crippen molar-refractivity contribution in [3.05, 3.63) is 89.4 Å². The van der Waals surface area contributed by atoms with Crippen molar-refractivity contribution in [2.45, 2.75) is 44.4 Å². The molecule has 2 aromatic rings. The Morgan fingerprint density at radius 3 is 1.87 bits per heavy atom. The Morgan fingerprint density at radius 2 is 1.35 bits per heavy atom. The molecule has 0 aliphatic heterocycles. The third kappa shape index (κ3) is 3.09. The quantitative estimate of drug-likeness (QED) is 0.516. The fourth-order valence-electron chi connectivity index (χ4n) is 8.19. The van der Waals surface area contributed by atoms with Crippen LogP contribution in [-0.4, -0.2) is 0 Å². The van der Waals surface area contributed by atoms with E-state index in [1.54, 1.807) is 16.7 Å². The van der Waals surface area contributed by atoms with Crippen LogP contribution in [0.25, 0.3) is 11.1 Å². The molecule has 6 aliphatic rings. The van der Waals surface area contributed by atoms with Crippen LogP contribution in [0, 0.1) is 29.1 Å². The summed E-state index contributed by atoms with van der Waals surface area (Å²) in [7, 11) is 0. The zero-order valence-corrected chi connectivity index (χ0v) is 21.6. The molecule has 3 atom stereocenters. The first-order valence-electron chi connectivity index (χ1n) is 11.2. The van der Waals surface area contributed by atoms with Crippen molar-refractivity contribution < 1.29 is 51.0 Å². The first-order chi connectivity index (χ1) is 13.9. The summed E-state index contributed by atoms with van der Waals surface area (Å²) >= 11 is 0. The maximum atomic E-state index is 2.50. The van der Waals surface area contributed by atoms with Crippen LogP contribution >= 0.6 is 0 Å². The van der Waals surface area contributed by atoms with Crippen LogP contribution in [0.4, 0.5) is 0 Å². The van der Waals surface area contributed by atoms with Gasteiger partial charge < -0.3 is 30.7 Å². The van der Waals surface area contributed by atoms with Gasteiger partial charge in [0.25, 0.3) is 0 Å². The number of allylic oxidation sites excluding steroid dienone is 4. The molecule has 0 N–H and O–H groups in total. The maximum absolute atomic E-state index is 2.50. The van der Waals surface area contributed by atoms with E-state index in [2.05, 4.69) is 66.8 Å². The first-order valence-corrected chi connectivity index (χ1v) is 11.2. The minimum atomic E-state index is 0. The summed E-state index contributed by atoms with van der Waals surface area (Å²) in [6, 6.07) is 18.6. The van der Waals surface area contributed by atoms with Crippen molar-refractivity contribution in [3.63, 3.8) is 0 Å². The molecular formula is C28H27Cl2Zr. The first kappa shape index (κ1) is 23.5. The van der Waals surface area contributed by atoms with E-state index in [1.165, 1.54) is 43.2 Å². The summed E-state index contributed by atoms with van der Waals surface area (Å²) in [5.74, 6) is 5.22. The van der Waals surface area contributed by atoms with E-state index in [1.807, 2.05) is 5.92 Å². The molecule has 4 bridgehead atoms. The predicted octanol–water partition coefficient (Wildman–Crippen LogP) is 1.09. The summed E-state index contributed by atoms with van der Waals surface area (Å²) in [4.78, 5) is 0. The Hall–Kier alpha value is -0.617. The van der Waals surface area contributed by atoms with E-state index in [0.29, 0.717) is 5.92 Å². The number of hydrogen-bond donors (Lipinski definition) is 0. The third-order valence-corrected chi connectivity index (χ3v) is 8.79. The van der Waals surface area contributed by atoms with Crippen molar-refractivity contribution in [3.8, 4) is 11.1 Å². The second-order valence-electron chi connectivity index (χ2n) is 9.95. The molecule has 157 valence electrons. The fourth-order valence-corrected chi connectivity index (χ4v) is 8.19. The maximum Gasteiger partial charge on any atom is 3.00 e. The molecular weight excluding hydrogens is 498 g/mol. The van der Waals surface area contributed by atoms with E-state index >= 15 is 0 Å². The molecule has 4 saturated carbocycles. The molecule has 4 fully saturated rings. The smallest absolute Gasteiger partial charge is 1.00 e. The zero-order valence-electron chi connectivity index (χ0n) is 17.7. The van der Waals surface area contributed by atoms with Crippen LogP contribution < -0.4 is 24.8 Å². The molecule has 2 aromatic carbocycles. The molecule has 0 spiro atoms. The molecule has 0 nitrogen and oxygen atoms in total. The van der Waals surface area contributed by atoms with Crippen LogP contribution in [0.3, 0.4) is 0 Å². The van der Waals surface area contributed by atoms with Gasteiger partial charge in [0.15, 0.2) is 0 Å². The summed E-state index contributed by atoms with van der Waals surface area (Å²) in [6.45, 7) is 0. The van der Waals surface area contributed by atoms with E-state index in [4.69, 9.17) is 0 Å². The average molecular weight is 526 g/mol. The minimum Gasteiger partial charge on any atom is -1.00 e. The van der Waals surface area contributed by atoms with Crippen molar-refractivity contribution in [1.82, 2.24) is 0 Å². The average Bonchev–Trinajstić information content (AvgIpc) is 3.36. The SMILES string of the molecule is C1=CCC(C2(C3c4ccccc4-c4ccccc43)[C-]3CC4CC(C3)CC2C4)=C1.[Cl-].[Cl-].[Zr+3]. The van der Waals surface area contributed by atoms with Crippen LogP contribution in [0.1, 0.15) is 55.6 Å². The molecule has 0 amide bonds. The Kier molecular flexibility index (Phi) is 6.55. The van der Waals surface area contributed by atoms with Gasteiger partial charge in [-0.05, 0) is 34.6 Å². The Balaban J connectivity index is 0.000000771. The van der Waals surface area contributed by atoms with Gasteiger partial charge in [-0.15, -0.1) is 5.41 Å². The Bertz CT molecular complexity index is 963. The molecule has 0 heterocycles. The molecule has 6 aliphatic carbocycles. The second kappa shape index (κ2) is 8.63. The third-order valence-electron chi connectivity index (χ3n) is 8.79. The number of fused-ring (bicyclic) bond motifs is 3.